The van der Waals surface area contributed by atoms with Gasteiger partial charge in [0.1, 0.15) is 27.5 Å². The van der Waals surface area contributed by atoms with Crippen molar-refractivity contribution in [2.75, 3.05) is 7.11 Å². The molecule has 1 saturated heterocycles. The van der Waals surface area contributed by atoms with Crippen molar-refractivity contribution >= 4 is 45.6 Å². The highest BCUT2D eigenvalue weighted by Gasteiger charge is 2.19. The number of halogens is 2. The lowest BCUT2D eigenvalue weighted by Gasteiger charge is -2.17. The lowest BCUT2D eigenvalue weighted by atomic mass is 10.2. The number of ether oxygens (including phenoxy) is 1. The summed E-state index contributed by atoms with van der Waals surface area (Å²) in [5.41, 5.74) is 5.60. The maximum atomic E-state index is 6.54. The summed E-state index contributed by atoms with van der Waals surface area (Å²) in [5, 5.41) is 4.27. The molecule has 166 valence electrons. The van der Waals surface area contributed by atoms with Crippen molar-refractivity contribution in [1.29, 1.82) is 0 Å². The minimum Gasteiger partial charge on any atom is -0.495 e. The quantitative estimate of drug-likeness (QED) is 0.522. The van der Waals surface area contributed by atoms with E-state index in [4.69, 9.17) is 37.9 Å². The fourth-order valence-electron chi connectivity index (χ4n) is 3.71. The Morgan fingerprint density at radius 1 is 1.34 bits per heavy atom. The van der Waals surface area contributed by atoms with Crippen LogP contribution < -0.4 is 15.5 Å². The molecule has 0 saturated carbocycles. The third kappa shape index (κ3) is 4.38. The highest BCUT2D eigenvalue weighted by molar-refractivity contribution is 6.39. The highest BCUT2D eigenvalue weighted by Crippen LogP contribution is 2.39. The molecule has 1 aliphatic rings. The van der Waals surface area contributed by atoms with Gasteiger partial charge in [-0.25, -0.2) is 9.98 Å². The van der Waals surface area contributed by atoms with Crippen molar-refractivity contribution < 1.29 is 4.74 Å². The first-order valence-electron chi connectivity index (χ1n) is 10.4. The number of nitrogens with one attached hydrogen (secondary N) is 1. The van der Waals surface area contributed by atoms with Crippen LogP contribution in [0.5, 0.6) is 5.75 Å². The van der Waals surface area contributed by atoms with Crippen LogP contribution in [0.4, 0.5) is 5.69 Å². The van der Waals surface area contributed by atoms with Gasteiger partial charge in [0.05, 0.1) is 24.0 Å². The van der Waals surface area contributed by atoms with Crippen LogP contribution in [0.15, 0.2) is 53.8 Å². The molecule has 0 radical (unpaired) electrons. The van der Waals surface area contributed by atoms with E-state index in [0.29, 0.717) is 33.5 Å². The van der Waals surface area contributed by atoms with Gasteiger partial charge in [0.15, 0.2) is 5.65 Å². The molecule has 3 aromatic rings. The standard InChI is InChI=1S/C24H25Cl2N5O/c1-5-14(2)19-12-27-18-9-11-21(30-23-17(25)8-10-20(32-4)22(23)26)31(24(18)29-19)13-16-7-6-15(3)28-16/h5,8-12,16,28H,3,6-7,13H2,1-2,4H3/b14-5+,30-21?. The molecule has 0 bridgehead atoms. The zero-order chi connectivity index (χ0) is 22.8. The topological polar surface area (TPSA) is 64.3 Å². The Morgan fingerprint density at radius 2 is 2.16 bits per heavy atom. The van der Waals surface area contributed by atoms with Crippen LogP contribution in [0.2, 0.25) is 10.0 Å². The van der Waals surface area contributed by atoms with E-state index in [1.165, 1.54) is 0 Å². The number of hydrogen-bond acceptors (Lipinski definition) is 5. The van der Waals surface area contributed by atoms with Crippen molar-refractivity contribution in [2.45, 2.75) is 39.3 Å². The van der Waals surface area contributed by atoms with Crippen molar-refractivity contribution in [1.82, 2.24) is 19.9 Å². The van der Waals surface area contributed by atoms with E-state index in [1.54, 1.807) is 25.4 Å². The van der Waals surface area contributed by atoms with E-state index in [1.807, 2.05) is 32.1 Å². The van der Waals surface area contributed by atoms with Crippen LogP contribution in [-0.4, -0.2) is 27.7 Å². The van der Waals surface area contributed by atoms with Gasteiger partial charge in [-0.1, -0.05) is 35.9 Å². The summed E-state index contributed by atoms with van der Waals surface area (Å²) in [6.45, 7) is 8.72. The van der Waals surface area contributed by atoms with Crippen LogP contribution in [0.25, 0.3) is 16.7 Å². The number of fused-ring (bicyclic) bond motifs is 1. The highest BCUT2D eigenvalue weighted by atomic mass is 35.5. The van der Waals surface area contributed by atoms with E-state index >= 15 is 0 Å². The first-order valence-corrected chi connectivity index (χ1v) is 11.2. The number of pyridine rings is 1. The van der Waals surface area contributed by atoms with Gasteiger partial charge >= 0.3 is 0 Å². The van der Waals surface area contributed by atoms with Crippen LogP contribution in [0, 0.1) is 0 Å². The van der Waals surface area contributed by atoms with E-state index in [-0.39, 0.29) is 6.04 Å². The minimum atomic E-state index is 0.219. The van der Waals surface area contributed by atoms with E-state index in [0.717, 1.165) is 41.0 Å². The molecule has 0 amide bonds. The molecular formula is C24H25Cl2N5O. The average Bonchev–Trinajstić information content (AvgIpc) is 3.21. The third-order valence-corrected chi connectivity index (χ3v) is 6.29. The van der Waals surface area contributed by atoms with Crippen molar-refractivity contribution in [3.8, 4) is 5.75 Å². The average molecular weight is 470 g/mol. The van der Waals surface area contributed by atoms with Crippen LogP contribution in [-0.2, 0) is 6.54 Å². The Morgan fingerprint density at radius 3 is 2.84 bits per heavy atom. The maximum Gasteiger partial charge on any atom is 0.160 e. The summed E-state index contributed by atoms with van der Waals surface area (Å²) in [4.78, 5) is 14.4. The lowest BCUT2D eigenvalue weighted by Crippen LogP contribution is -2.32. The van der Waals surface area contributed by atoms with Crippen molar-refractivity contribution in [3.63, 3.8) is 0 Å². The van der Waals surface area contributed by atoms with E-state index in [9.17, 15) is 0 Å². The Bertz CT molecular complexity index is 1300. The summed E-state index contributed by atoms with van der Waals surface area (Å²) >= 11 is 13.0. The number of benzene rings is 1. The van der Waals surface area contributed by atoms with Crippen molar-refractivity contribution in [3.05, 3.63) is 70.0 Å². The number of hydrogen-bond donors (Lipinski definition) is 1. The van der Waals surface area contributed by atoms with Gasteiger partial charge in [0.2, 0.25) is 0 Å². The lowest BCUT2D eigenvalue weighted by molar-refractivity contribution is 0.415. The van der Waals surface area contributed by atoms with Crippen LogP contribution >= 0.6 is 23.2 Å². The summed E-state index contributed by atoms with van der Waals surface area (Å²) in [6.07, 6.45) is 5.75. The van der Waals surface area contributed by atoms with E-state index < -0.39 is 0 Å². The molecule has 1 N–H and O–H groups in total. The number of nitrogens with zero attached hydrogens (tertiary/aromatic N) is 4. The first kappa shape index (κ1) is 22.4. The van der Waals surface area contributed by atoms with Gasteiger partial charge in [-0.2, -0.15) is 0 Å². The normalized spacial score (nSPS) is 17.2. The molecule has 6 nitrogen and oxygen atoms in total. The molecule has 0 aliphatic carbocycles. The molecule has 2 aromatic heterocycles. The second-order valence-electron chi connectivity index (χ2n) is 7.75. The summed E-state index contributed by atoms with van der Waals surface area (Å²) in [7, 11) is 1.56. The monoisotopic (exact) mass is 469 g/mol. The molecule has 32 heavy (non-hydrogen) atoms. The second kappa shape index (κ2) is 9.35. The fourth-order valence-corrected chi connectivity index (χ4v) is 4.24. The van der Waals surface area contributed by atoms with Gasteiger partial charge in [-0.3, -0.25) is 4.98 Å². The van der Waals surface area contributed by atoms with Crippen LogP contribution in [0.3, 0.4) is 0 Å². The molecule has 1 aliphatic heterocycles. The van der Waals surface area contributed by atoms with E-state index in [2.05, 4.69) is 21.4 Å². The molecule has 3 heterocycles. The molecule has 1 aromatic carbocycles. The Hall–Kier alpha value is -2.83. The smallest absolute Gasteiger partial charge is 0.160 e. The van der Waals surface area contributed by atoms with Gasteiger partial charge in [-0.05, 0) is 56.5 Å². The molecule has 1 fully saturated rings. The van der Waals surface area contributed by atoms with Gasteiger partial charge in [0.25, 0.3) is 0 Å². The first-order chi connectivity index (χ1) is 15.4. The molecule has 1 atom stereocenters. The number of methoxy groups -OCH3 is 1. The van der Waals surface area contributed by atoms with Gasteiger partial charge in [0, 0.05) is 18.3 Å². The predicted molar refractivity (Wildman–Crippen MR) is 130 cm³/mol. The second-order valence-corrected chi connectivity index (χ2v) is 8.53. The van der Waals surface area contributed by atoms with Gasteiger partial charge in [-0.15, -0.1) is 0 Å². The SMILES string of the molecule is C=C1CCC(Cn2c(=Nc3c(Cl)ccc(OC)c3Cl)ccc3ncc(/C(C)=C/C)nc32)N1. The number of allylic oxidation sites excluding steroid dienone is 3. The zero-order valence-corrected chi connectivity index (χ0v) is 19.8. The Labute approximate surface area is 197 Å². The third-order valence-electron chi connectivity index (χ3n) is 5.62. The number of aromatic nitrogens is 3. The molecule has 1 unspecified atom stereocenters. The van der Waals surface area contributed by atoms with Crippen LogP contribution in [0.1, 0.15) is 32.4 Å². The van der Waals surface area contributed by atoms with Gasteiger partial charge < -0.3 is 14.6 Å². The fraction of sp³-hybridized carbons (Fsp3) is 0.292. The molecule has 0 spiro atoms. The largest absolute Gasteiger partial charge is 0.495 e. The molecule has 8 heteroatoms. The Kier molecular flexibility index (Phi) is 6.53. The Balaban J connectivity index is 1.97. The predicted octanol–water partition coefficient (Wildman–Crippen LogP) is 5.67. The summed E-state index contributed by atoms with van der Waals surface area (Å²) < 4.78 is 7.41. The molecule has 4 rings (SSSR count). The summed E-state index contributed by atoms with van der Waals surface area (Å²) in [6, 6.07) is 7.50. The summed E-state index contributed by atoms with van der Waals surface area (Å²) in [5.74, 6) is 0.515. The zero-order valence-electron chi connectivity index (χ0n) is 18.3. The number of rotatable bonds is 5. The van der Waals surface area contributed by atoms with Crippen molar-refractivity contribution in [2.24, 2.45) is 4.99 Å². The molecular weight excluding hydrogens is 445 g/mol. The minimum absolute atomic E-state index is 0.219. The maximum absolute atomic E-state index is 6.54.